The molecule has 0 radical (unpaired) electrons. The van der Waals surface area contributed by atoms with Gasteiger partial charge in [-0.05, 0) is 6.92 Å². The Morgan fingerprint density at radius 2 is 2.50 bits per heavy atom. The van der Waals surface area contributed by atoms with E-state index in [1.165, 1.54) is 0 Å². The van der Waals surface area contributed by atoms with Crippen LogP contribution in [0.15, 0.2) is 17.8 Å². The number of hydrogen-bond acceptors (Lipinski definition) is 4. The number of aromatic amines is 1. The van der Waals surface area contributed by atoms with E-state index in [0.29, 0.717) is 6.42 Å². The zero-order valence-corrected chi connectivity index (χ0v) is 8.58. The molecule has 0 aliphatic rings. The second-order valence-corrected chi connectivity index (χ2v) is 4.17. The molecule has 74 valence electrons. The van der Waals surface area contributed by atoms with Crippen molar-refractivity contribution in [2.45, 2.75) is 19.4 Å². The summed E-state index contributed by atoms with van der Waals surface area (Å²) < 4.78 is 0. The van der Waals surface area contributed by atoms with Gasteiger partial charge in [-0.25, -0.2) is 4.98 Å². The van der Waals surface area contributed by atoms with Gasteiger partial charge in [-0.3, -0.25) is 5.10 Å². The van der Waals surface area contributed by atoms with Gasteiger partial charge in [-0.15, -0.1) is 11.3 Å². The Morgan fingerprint density at radius 3 is 3.07 bits per heavy atom. The Kier molecular flexibility index (Phi) is 2.60. The summed E-state index contributed by atoms with van der Waals surface area (Å²) >= 11 is 1.60. The molecule has 4 nitrogen and oxygen atoms in total. The summed E-state index contributed by atoms with van der Waals surface area (Å²) in [6, 6.07) is 0. The highest BCUT2D eigenvalue weighted by Crippen LogP contribution is 2.18. The molecule has 1 atom stereocenters. The molecular formula is C9H11N3OS. The van der Waals surface area contributed by atoms with Crippen LogP contribution in [0.4, 0.5) is 0 Å². The van der Waals surface area contributed by atoms with Gasteiger partial charge in [0.25, 0.3) is 0 Å². The van der Waals surface area contributed by atoms with Crippen molar-refractivity contribution in [3.63, 3.8) is 0 Å². The molecule has 0 aliphatic heterocycles. The molecule has 0 fully saturated rings. The normalized spacial score (nSPS) is 13.0. The monoisotopic (exact) mass is 209 g/mol. The van der Waals surface area contributed by atoms with Gasteiger partial charge >= 0.3 is 0 Å². The molecular weight excluding hydrogens is 198 g/mol. The lowest BCUT2D eigenvalue weighted by Gasteiger charge is -2.04. The number of nitrogens with one attached hydrogen (secondary N) is 1. The van der Waals surface area contributed by atoms with E-state index in [2.05, 4.69) is 15.2 Å². The number of aryl methyl sites for hydroxylation is 1. The highest BCUT2D eigenvalue weighted by molar-refractivity contribution is 7.09. The summed E-state index contributed by atoms with van der Waals surface area (Å²) in [5, 5.41) is 19.2. The van der Waals surface area contributed by atoms with Crippen LogP contribution in [0.3, 0.4) is 0 Å². The number of aliphatic hydroxyl groups is 1. The maximum Gasteiger partial charge on any atom is 0.0897 e. The molecule has 14 heavy (non-hydrogen) atoms. The molecule has 2 aromatic rings. The smallest absolute Gasteiger partial charge is 0.0897 e. The van der Waals surface area contributed by atoms with E-state index < -0.39 is 6.10 Å². The fraction of sp³-hybridized carbons (Fsp3) is 0.333. The zero-order chi connectivity index (χ0) is 9.97. The number of rotatable bonds is 3. The molecule has 5 heteroatoms. The van der Waals surface area contributed by atoms with E-state index in [1.54, 1.807) is 23.7 Å². The third-order valence-electron chi connectivity index (χ3n) is 1.97. The number of H-pyrrole nitrogens is 1. The molecule has 2 rings (SSSR count). The van der Waals surface area contributed by atoms with Crippen LogP contribution in [0.25, 0.3) is 0 Å². The van der Waals surface area contributed by atoms with E-state index in [0.717, 1.165) is 16.3 Å². The third-order valence-corrected chi connectivity index (χ3v) is 2.80. The predicted molar refractivity (Wildman–Crippen MR) is 54.1 cm³/mol. The van der Waals surface area contributed by atoms with Gasteiger partial charge in [0, 0.05) is 23.6 Å². The molecule has 0 aromatic carbocycles. The first-order valence-electron chi connectivity index (χ1n) is 4.33. The largest absolute Gasteiger partial charge is 0.388 e. The minimum atomic E-state index is -0.518. The summed E-state index contributed by atoms with van der Waals surface area (Å²) in [4.78, 5) is 4.29. The molecule has 0 saturated carbocycles. The van der Waals surface area contributed by atoms with Crippen molar-refractivity contribution in [1.82, 2.24) is 15.2 Å². The third kappa shape index (κ3) is 2.00. The van der Waals surface area contributed by atoms with Crippen LogP contribution < -0.4 is 0 Å². The Morgan fingerprint density at radius 1 is 1.64 bits per heavy atom. The van der Waals surface area contributed by atoms with E-state index in [-0.39, 0.29) is 0 Å². The van der Waals surface area contributed by atoms with E-state index in [4.69, 9.17) is 0 Å². The van der Waals surface area contributed by atoms with E-state index in [1.807, 2.05) is 12.3 Å². The quantitative estimate of drug-likeness (QED) is 0.804. The van der Waals surface area contributed by atoms with Gasteiger partial charge in [0.2, 0.25) is 0 Å². The van der Waals surface area contributed by atoms with Crippen LogP contribution in [0.2, 0.25) is 0 Å². The summed E-state index contributed by atoms with van der Waals surface area (Å²) in [5.74, 6) is 0. The summed E-state index contributed by atoms with van der Waals surface area (Å²) in [7, 11) is 0. The summed E-state index contributed by atoms with van der Waals surface area (Å²) in [5.41, 5.74) is 1.73. The maximum absolute atomic E-state index is 9.78. The number of hydrogen-bond donors (Lipinski definition) is 2. The van der Waals surface area contributed by atoms with Crippen molar-refractivity contribution in [2.24, 2.45) is 0 Å². The average molecular weight is 209 g/mol. The van der Waals surface area contributed by atoms with Gasteiger partial charge in [0.05, 0.1) is 23.0 Å². The number of aromatic nitrogens is 3. The maximum atomic E-state index is 9.78. The topological polar surface area (TPSA) is 61.8 Å². The fourth-order valence-corrected chi connectivity index (χ4v) is 1.89. The SMILES string of the molecule is Cc1nc(CC(O)c2cn[nH]c2)cs1. The molecule has 0 amide bonds. The highest BCUT2D eigenvalue weighted by atomic mass is 32.1. The van der Waals surface area contributed by atoms with Gasteiger partial charge in [0.15, 0.2) is 0 Å². The van der Waals surface area contributed by atoms with Crippen molar-refractivity contribution in [2.75, 3.05) is 0 Å². The lowest BCUT2D eigenvalue weighted by molar-refractivity contribution is 0.177. The van der Waals surface area contributed by atoms with Crippen molar-refractivity contribution < 1.29 is 5.11 Å². The zero-order valence-electron chi connectivity index (χ0n) is 7.77. The molecule has 0 bridgehead atoms. The fourth-order valence-electron chi connectivity index (χ4n) is 1.26. The van der Waals surface area contributed by atoms with Crippen molar-refractivity contribution >= 4 is 11.3 Å². The Labute approximate surface area is 85.6 Å². The Hall–Kier alpha value is -1.20. The predicted octanol–water partition coefficient (Wildman–Crippen LogP) is 1.45. The standard InChI is InChI=1S/C9H11N3OS/c1-6-12-8(5-14-6)2-9(13)7-3-10-11-4-7/h3-5,9,13H,2H2,1H3,(H,10,11). The van der Waals surface area contributed by atoms with Crippen molar-refractivity contribution in [3.8, 4) is 0 Å². The van der Waals surface area contributed by atoms with Crippen LogP contribution in [0.5, 0.6) is 0 Å². The van der Waals surface area contributed by atoms with Gasteiger partial charge in [0.1, 0.15) is 0 Å². The number of nitrogens with zero attached hydrogens (tertiary/aromatic N) is 2. The minimum Gasteiger partial charge on any atom is -0.388 e. The van der Waals surface area contributed by atoms with E-state index in [9.17, 15) is 5.11 Å². The summed E-state index contributed by atoms with van der Waals surface area (Å²) in [6.45, 7) is 1.96. The molecule has 0 spiro atoms. The lowest BCUT2D eigenvalue weighted by Crippen LogP contribution is -2.00. The van der Waals surface area contributed by atoms with Crippen LogP contribution in [-0.2, 0) is 6.42 Å². The van der Waals surface area contributed by atoms with E-state index >= 15 is 0 Å². The van der Waals surface area contributed by atoms with Crippen LogP contribution in [-0.4, -0.2) is 20.3 Å². The molecule has 2 N–H and O–H groups in total. The highest BCUT2D eigenvalue weighted by Gasteiger charge is 2.11. The van der Waals surface area contributed by atoms with Crippen LogP contribution in [0, 0.1) is 6.92 Å². The first-order chi connectivity index (χ1) is 6.75. The van der Waals surface area contributed by atoms with Gasteiger partial charge in [-0.2, -0.15) is 5.10 Å². The number of aliphatic hydroxyl groups excluding tert-OH is 1. The molecule has 2 heterocycles. The van der Waals surface area contributed by atoms with Gasteiger partial charge in [-0.1, -0.05) is 0 Å². The number of thiazole rings is 1. The first kappa shape index (κ1) is 9.36. The second-order valence-electron chi connectivity index (χ2n) is 3.11. The first-order valence-corrected chi connectivity index (χ1v) is 5.21. The van der Waals surface area contributed by atoms with Crippen molar-refractivity contribution in [3.05, 3.63) is 34.0 Å². The van der Waals surface area contributed by atoms with Crippen LogP contribution in [0.1, 0.15) is 22.4 Å². The molecule has 0 saturated heterocycles. The van der Waals surface area contributed by atoms with Crippen LogP contribution >= 0.6 is 11.3 Å². The van der Waals surface area contributed by atoms with Crippen molar-refractivity contribution in [1.29, 1.82) is 0 Å². The Balaban J connectivity index is 2.05. The molecule has 2 aromatic heterocycles. The lowest BCUT2D eigenvalue weighted by atomic mass is 10.1. The molecule has 0 aliphatic carbocycles. The average Bonchev–Trinajstić information content (AvgIpc) is 2.75. The summed E-state index contributed by atoms with van der Waals surface area (Å²) in [6.07, 6.45) is 3.35. The minimum absolute atomic E-state index is 0.518. The Bertz CT molecular complexity index is 396. The molecule has 1 unspecified atom stereocenters. The van der Waals surface area contributed by atoms with Gasteiger partial charge < -0.3 is 5.11 Å². The second kappa shape index (κ2) is 3.89.